The van der Waals surface area contributed by atoms with Crippen molar-refractivity contribution in [3.8, 4) is 0 Å². The maximum atomic E-state index is 12.1. The van der Waals surface area contributed by atoms with Crippen LogP contribution in [0.15, 0.2) is 53.0 Å². The molecule has 2 rings (SSSR count). The van der Waals surface area contributed by atoms with Crippen LogP contribution in [0.3, 0.4) is 0 Å². The third-order valence-electron chi connectivity index (χ3n) is 3.00. The van der Waals surface area contributed by atoms with Gasteiger partial charge in [-0.1, -0.05) is 28.1 Å². The van der Waals surface area contributed by atoms with E-state index in [2.05, 4.69) is 26.6 Å². The summed E-state index contributed by atoms with van der Waals surface area (Å²) in [6, 6.07) is 14.4. The van der Waals surface area contributed by atoms with Crippen LogP contribution in [0.2, 0.25) is 0 Å². The molecule has 1 amide bonds. The Morgan fingerprint density at radius 2 is 1.90 bits per heavy atom. The molecule has 0 spiro atoms. The number of halogens is 1. The van der Waals surface area contributed by atoms with Crippen LogP contribution in [0.25, 0.3) is 0 Å². The van der Waals surface area contributed by atoms with Crippen LogP contribution >= 0.6 is 15.9 Å². The van der Waals surface area contributed by atoms with Gasteiger partial charge in [-0.2, -0.15) is 0 Å². The fraction of sp³-hybridized carbons (Fsp3) is 0.188. The second-order valence-electron chi connectivity index (χ2n) is 4.72. The van der Waals surface area contributed by atoms with Gasteiger partial charge in [0.2, 0.25) is 5.91 Å². The molecule has 1 atom stereocenters. The van der Waals surface area contributed by atoms with Crippen molar-refractivity contribution in [1.82, 2.24) is 0 Å². The van der Waals surface area contributed by atoms with Gasteiger partial charge in [0, 0.05) is 15.8 Å². The van der Waals surface area contributed by atoms with E-state index in [4.69, 9.17) is 5.11 Å². The highest BCUT2D eigenvalue weighted by Gasteiger charge is 2.12. The maximum absolute atomic E-state index is 12.1. The molecule has 2 aromatic carbocycles. The Hall–Kier alpha value is -1.85. The Balaban J connectivity index is 1.97. The zero-order chi connectivity index (χ0) is 15.2. The molecule has 0 aromatic heterocycles. The largest absolute Gasteiger partial charge is 0.392 e. The van der Waals surface area contributed by atoms with Crippen molar-refractivity contribution in [3.63, 3.8) is 0 Å². The zero-order valence-corrected chi connectivity index (χ0v) is 13.2. The van der Waals surface area contributed by atoms with Gasteiger partial charge in [-0.05, 0) is 48.9 Å². The molecule has 2 aromatic rings. The van der Waals surface area contributed by atoms with Gasteiger partial charge in [-0.25, -0.2) is 0 Å². The fourth-order valence-corrected chi connectivity index (χ4v) is 2.12. The molecular weight excluding hydrogens is 332 g/mol. The lowest BCUT2D eigenvalue weighted by atomic mass is 10.2. The molecule has 0 radical (unpaired) electrons. The van der Waals surface area contributed by atoms with Gasteiger partial charge < -0.3 is 15.7 Å². The minimum Gasteiger partial charge on any atom is -0.392 e. The summed E-state index contributed by atoms with van der Waals surface area (Å²) in [4.78, 5) is 12.1. The number of aliphatic hydroxyl groups is 1. The predicted octanol–water partition coefficient (Wildman–Crippen LogP) is 3.38. The van der Waals surface area contributed by atoms with E-state index in [9.17, 15) is 4.79 Å². The summed E-state index contributed by atoms with van der Waals surface area (Å²) in [7, 11) is 0. The van der Waals surface area contributed by atoms with E-state index in [0.29, 0.717) is 0 Å². The van der Waals surface area contributed by atoms with Crippen molar-refractivity contribution in [1.29, 1.82) is 0 Å². The molecule has 4 nitrogen and oxygen atoms in total. The molecule has 110 valence electrons. The van der Waals surface area contributed by atoms with Crippen LogP contribution in [-0.2, 0) is 11.4 Å². The highest BCUT2D eigenvalue weighted by Crippen LogP contribution is 2.15. The molecule has 0 aliphatic heterocycles. The second-order valence-corrected chi connectivity index (χ2v) is 5.64. The number of aliphatic hydroxyl groups excluding tert-OH is 1. The summed E-state index contributed by atoms with van der Waals surface area (Å²) in [6.07, 6.45) is 0. The molecular formula is C16H17BrN2O2. The Labute approximate surface area is 132 Å². The van der Waals surface area contributed by atoms with E-state index in [1.165, 1.54) is 0 Å². The van der Waals surface area contributed by atoms with Gasteiger partial charge in [0.05, 0.1) is 6.61 Å². The highest BCUT2D eigenvalue weighted by atomic mass is 79.9. The van der Waals surface area contributed by atoms with Crippen molar-refractivity contribution in [2.24, 2.45) is 0 Å². The molecule has 0 bridgehead atoms. The molecule has 0 saturated carbocycles. The van der Waals surface area contributed by atoms with Crippen molar-refractivity contribution in [2.75, 3.05) is 10.6 Å². The van der Waals surface area contributed by atoms with Gasteiger partial charge in [0.15, 0.2) is 0 Å². The monoisotopic (exact) mass is 348 g/mol. The first-order valence-corrected chi connectivity index (χ1v) is 7.40. The lowest BCUT2D eigenvalue weighted by molar-refractivity contribution is -0.116. The van der Waals surface area contributed by atoms with Crippen LogP contribution in [0, 0.1) is 0 Å². The second kappa shape index (κ2) is 7.24. The van der Waals surface area contributed by atoms with Crippen molar-refractivity contribution in [2.45, 2.75) is 19.6 Å². The lowest BCUT2D eigenvalue weighted by Crippen LogP contribution is -2.31. The first-order valence-electron chi connectivity index (χ1n) is 6.61. The summed E-state index contributed by atoms with van der Waals surface area (Å²) in [5, 5.41) is 15.1. The quantitative estimate of drug-likeness (QED) is 0.776. The van der Waals surface area contributed by atoms with E-state index < -0.39 is 0 Å². The number of carbonyl (C=O) groups excluding carboxylic acids is 1. The Kier molecular flexibility index (Phi) is 5.36. The molecule has 0 fully saturated rings. The number of carbonyl (C=O) groups is 1. The predicted molar refractivity (Wildman–Crippen MR) is 88.2 cm³/mol. The van der Waals surface area contributed by atoms with Gasteiger partial charge in [0.1, 0.15) is 6.04 Å². The van der Waals surface area contributed by atoms with Gasteiger partial charge >= 0.3 is 0 Å². The smallest absolute Gasteiger partial charge is 0.246 e. The van der Waals surface area contributed by atoms with Crippen LogP contribution in [0.4, 0.5) is 11.4 Å². The number of hydrogen-bond donors (Lipinski definition) is 3. The Bertz CT molecular complexity index is 614. The Morgan fingerprint density at radius 3 is 2.57 bits per heavy atom. The van der Waals surface area contributed by atoms with Crippen molar-refractivity contribution < 1.29 is 9.90 Å². The summed E-state index contributed by atoms with van der Waals surface area (Å²) >= 11 is 3.35. The maximum Gasteiger partial charge on any atom is 0.246 e. The topological polar surface area (TPSA) is 61.4 Å². The zero-order valence-electron chi connectivity index (χ0n) is 11.6. The van der Waals surface area contributed by atoms with Crippen LogP contribution in [-0.4, -0.2) is 17.1 Å². The van der Waals surface area contributed by atoms with E-state index in [0.717, 1.165) is 21.4 Å². The molecule has 0 aliphatic carbocycles. The van der Waals surface area contributed by atoms with Gasteiger partial charge in [-0.3, -0.25) is 4.79 Å². The lowest BCUT2D eigenvalue weighted by Gasteiger charge is -2.16. The molecule has 0 unspecified atom stereocenters. The van der Waals surface area contributed by atoms with Crippen LogP contribution in [0.5, 0.6) is 0 Å². The van der Waals surface area contributed by atoms with E-state index in [1.54, 1.807) is 6.92 Å². The molecule has 0 aliphatic rings. The molecule has 21 heavy (non-hydrogen) atoms. The van der Waals surface area contributed by atoms with Crippen LogP contribution < -0.4 is 10.6 Å². The summed E-state index contributed by atoms with van der Waals surface area (Å²) in [5.74, 6) is -0.119. The third-order valence-corrected chi connectivity index (χ3v) is 3.53. The number of benzene rings is 2. The van der Waals surface area contributed by atoms with Crippen LogP contribution in [0.1, 0.15) is 12.5 Å². The summed E-state index contributed by atoms with van der Waals surface area (Å²) in [6.45, 7) is 1.77. The minimum absolute atomic E-state index is 0.0189. The highest BCUT2D eigenvalue weighted by molar-refractivity contribution is 9.10. The van der Waals surface area contributed by atoms with E-state index in [-0.39, 0.29) is 18.6 Å². The number of rotatable bonds is 5. The molecule has 5 heteroatoms. The minimum atomic E-state index is -0.386. The number of hydrogen-bond acceptors (Lipinski definition) is 3. The van der Waals surface area contributed by atoms with Gasteiger partial charge in [0.25, 0.3) is 0 Å². The average Bonchev–Trinajstić information content (AvgIpc) is 2.49. The standard InChI is InChI=1S/C16H17BrN2O2/c1-11(18-15-4-2-3-12(9-15)10-20)16(21)19-14-7-5-13(17)6-8-14/h2-9,11,18,20H,10H2,1H3,(H,19,21)/t11-/m1/s1. The normalized spacial score (nSPS) is 11.8. The molecule has 3 N–H and O–H groups in total. The molecule has 0 heterocycles. The third kappa shape index (κ3) is 4.58. The SMILES string of the molecule is C[C@@H](Nc1cccc(CO)c1)C(=O)Nc1ccc(Br)cc1. The first-order chi connectivity index (χ1) is 10.1. The number of amides is 1. The Morgan fingerprint density at radius 1 is 1.19 bits per heavy atom. The van der Waals surface area contributed by atoms with Crippen molar-refractivity contribution in [3.05, 3.63) is 58.6 Å². The number of nitrogens with one attached hydrogen (secondary N) is 2. The first kappa shape index (κ1) is 15.5. The van der Waals surface area contributed by atoms with E-state index >= 15 is 0 Å². The summed E-state index contributed by atoms with van der Waals surface area (Å²) < 4.78 is 0.965. The summed E-state index contributed by atoms with van der Waals surface area (Å²) in [5.41, 5.74) is 2.36. The fourth-order valence-electron chi connectivity index (χ4n) is 1.86. The van der Waals surface area contributed by atoms with Gasteiger partial charge in [-0.15, -0.1) is 0 Å². The molecule has 0 saturated heterocycles. The number of anilines is 2. The average molecular weight is 349 g/mol. The van der Waals surface area contributed by atoms with E-state index in [1.807, 2.05) is 48.5 Å². The van der Waals surface area contributed by atoms with Crippen molar-refractivity contribution >= 4 is 33.2 Å².